The van der Waals surface area contributed by atoms with Gasteiger partial charge >= 0.3 is 13.8 Å². The Labute approximate surface area is 524 Å². The highest BCUT2D eigenvalue weighted by Gasteiger charge is 2.30. The third kappa shape index (κ3) is 64.5. The second-order valence-electron chi connectivity index (χ2n) is 24.0. The molecule has 9 nitrogen and oxygen atoms in total. The minimum absolute atomic E-state index is 0.0264. The Kier molecular flexibility index (Phi) is 60.3. The lowest BCUT2D eigenvalue weighted by molar-refractivity contribution is -0.870. The smallest absolute Gasteiger partial charge is 0.456 e. The average molecular weight is 1200 g/mol. The van der Waals surface area contributed by atoms with Crippen LogP contribution in [0.5, 0.6) is 0 Å². The zero-order valence-electron chi connectivity index (χ0n) is 55.6. The molecule has 0 rings (SSSR count). The topological polar surface area (TPSA) is 111 Å². The summed E-state index contributed by atoms with van der Waals surface area (Å²) in [6, 6.07) is -0.876. The molecule has 0 radical (unpaired) electrons. The molecule has 0 aromatic heterocycles. The fourth-order valence-corrected chi connectivity index (χ4v) is 10.0. The molecular formula is C75H130N2O7P+. The molecule has 0 aromatic rings. The molecule has 0 saturated heterocycles. The largest absolute Gasteiger partial charge is 0.472 e. The van der Waals surface area contributed by atoms with Crippen LogP contribution in [0.4, 0.5) is 0 Å². The Balaban J connectivity index is 5.25. The van der Waals surface area contributed by atoms with Crippen LogP contribution in [0.15, 0.2) is 134 Å². The molecule has 2 N–H and O–H groups in total. The maximum absolute atomic E-state index is 13.6. The summed E-state index contributed by atoms with van der Waals surface area (Å²) < 4.78 is 30.8. The van der Waals surface area contributed by atoms with Crippen molar-refractivity contribution in [3.05, 3.63) is 134 Å². The van der Waals surface area contributed by atoms with Crippen molar-refractivity contribution < 1.29 is 37.3 Å². The number of hydrogen-bond donors (Lipinski definition) is 2. The number of amides is 1. The number of hydrogen-bond acceptors (Lipinski definition) is 6. The van der Waals surface area contributed by atoms with Crippen LogP contribution in [0.25, 0.3) is 0 Å². The molecule has 10 heteroatoms. The first kappa shape index (κ1) is 81.2. The highest BCUT2D eigenvalue weighted by molar-refractivity contribution is 7.47. The number of carbonyl (C=O) groups is 2. The zero-order valence-corrected chi connectivity index (χ0v) is 56.4. The fraction of sp³-hybridized carbons (Fsp3) is 0.680. The normalized spacial score (nSPS) is 14.4. The summed E-state index contributed by atoms with van der Waals surface area (Å²) in [6.07, 6.45) is 90.2. The number of allylic oxidation sites excluding steroid dienone is 21. The van der Waals surface area contributed by atoms with Crippen LogP contribution in [0.3, 0.4) is 0 Å². The third-order valence-corrected chi connectivity index (χ3v) is 15.6. The van der Waals surface area contributed by atoms with Gasteiger partial charge in [-0.25, -0.2) is 4.57 Å². The van der Waals surface area contributed by atoms with Crippen LogP contribution in [-0.2, 0) is 27.9 Å². The Hall–Kier alpha value is -3.85. The fourth-order valence-electron chi connectivity index (χ4n) is 9.28. The molecule has 0 spiro atoms. The quantitative estimate of drug-likeness (QED) is 0.0205. The summed E-state index contributed by atoms with van der Waals surface area (Å²) in [7, 11) is 1.46. The van der Waals surface area contributed by atoms with Crippen molar-refractivity contribution in [1.29, 1.82) is 0 Å². The van der Waals surface area contributed by atoms with Crippen molar-refractivity contribution >= 4 is 19.7 Å². The standard InChI is InChI=1S/C75H129N2O7P/c1-7-10-13-16-19-22-25-28-30-32-34-36-37-38-39-41-42-44-46-49-52-55-58-61-64-67-74(78)76-72(71-83-85(80,81)82-70-69-77(4,5)6)73(66-63-60-57-54-51-48-27-24-21-18-15-12-9-3)84-75(79)68-65-62-59-56-53-50-47-45-43-40-35-33-31-29-26-23-20-17-14-11-8-2/h10,13,19-20,22-23,28-31,34-36,38-40,42,44-45,47,63,66,72-73H,7-9,11-12,14-18,21,24-27,32-33,37,41,43,46,48-62,64-65,67-71H2,1-6H3,(H-,76,78,80,81)/p+1/b13-10-,22-19-,23-20-,30-28-,31-29-,36-34-,39-38-,40-35-,44-42-,47-45-,66-63-. The first-order valence-corrected chi connectivity index (χ1v) is 36.0. The molecule has 486 valence electrons. The number of rotatable bonds is 61. The average Bonchev–Trinajstić information content (AvgIpc) is 3.64. The zero-order chi connectivity index (χ0) is 62.1. The van der Waals surface area contributed by atoms with Gasteiger partial charge in [0.2, 0.25) is 5.91 Å². The van der Waals surface area contributed by atoms with E-state index >= 15 is 0 Å². The number of phosphoric ester groups is 1. The molecule has 0 aliphatic rings. The van der Waals surface area contributed by atoms with E-state index in [0.717, 1.165) is 154 Å². The minimum Gasteiger partial charge on any atom is -0.456 e. The molecule has 0 fully saturated rings. The molecule has 1 amide bonds. The summed E-state index contributed by atoms with van der Waals surface area (Å²) >= 11 is 0. The van der Waals surface area contributed by atoms with Gasteiger partial charge in [-0.1, -0.05) is 270 Å². The molecule has 0 heterocycles. The van der Waals surface area contributed by atoms with Crippen molar-refractivity contribution in [3.63, 3.8) is 0 Å². The number of carbonyl (C=O) groups excluding carboxylic acids is 2. The lowest BCUT2D eigenvalue weighted by Crippen LogP contribution is -2.47. The van der Waals surface area contributed by atoms with Gasteiger partial charge in [-0.15, -0.1) is 0 Å². The molecule has 0 aliphatic heterocycles. The number of likely N-dealkylation sites (N-methyl/N-ethyl adjacent to an activating group) is 1. The lowest BCUT2D eigenvalue weighted by Gasteiger charge is -2.27. The van der Waals surface area contributed by atoms with Crippen molar-refractivity contribution in [2.45, 2.75) is 290 Å². The summed E-state index contributed by atoms with van der Waals surface area (Å²) in [5, 5.41) is 3.05. The molecule has 85 heavy (non-hydrogen) atoms. The number of unbranched alkanes of at least 4 members (excludes halogenated alkanes) is 25. The molecule has 0 aromatic carbocycles. The van der Waals surface area contributed by atoms with Gasteiger partial charge in [0.1, 0.15) is 19.3 Å². The van der Waals surface area contributed by atoms with Crippen molar-refractivity contribution in [2.75, 3.05) is 40.9 Å². The number of quaternary nitrogens is 1. The van der Waals surface area contributed by atoms with Gasteiger partial charge in [0, 0.05) is 12.8 Å². The molecular weight excluding hydrogens is 1070 g/mol. The predicted molar refractivity (Wildman–Crippen MR) is 369 cm³/mol. The van der Waals surface area contributed by atoms with Gasteiger partial charge in [0.25, 0.3) is 0 Å². The first-order chi connectivity index (χ1) is 41.4. The van der Waals surface area contributed by atoms with E-state index in [4.69, 9.17) is 13.8 Å². The van der Waals surface area contributed by atoms with Crippen molar-refractivity contribution in [2.24, 2.45) is 0 Å². The number of nitrogens with one attached hydrogen (secondary N) is 1. The van der Waals surface area contributed by atoms with Gasteiger partial charge in [-0.05, 0) is 128 Å². The molecule has 3 unspecified atom stereocenters. The van der Waals surface area contributed by atoms with Crippen LogP contribution in [0.1, 0.15) is 278 Å². The van der Waals surface area contributed by atoms with Gasteiger partial charge in [-0.2, -0.15) is 0 Å². The van der Waals surface area contributed by atoms with Gasteiger partial charge in [0.15, 0.2) is 0 Å². The van der Waals surface area contributed by atoms with E-state index in [0.29, 0.717) is 23.9 Å². The van der Waals surface area contributed by atoms with Crippen LogP contribution < -0.4 is 5.32 Å². The highest BCUT2D eigenvalue weighted by atomic mass is 31.2. The van der Waals surface area contributed by atoms with Crippen molar-refractivity contribution in [3.8, 4) is 0 Å². The lowest BCUT2D eigenvalue weighted by atomic mass is 10.0. The molecule has 0 bridgehead atoms. The summed E-state index contributed by atoms with van der Waals surface area (Å²) in [6.45, 7) is 6.84. The van der Waals surface area contributed by atoms with E-state index in [2.05, 4.69) is 148 Å². The van der Waals surface area contributed by atoms with Crippen LogP contribution >= 0.6 is 7.82 Å². The van der Waals surface area contributed by atoms with Crippen molar-refractivity contribution in [1.82, 2.24) is 5.32 Å². The molecule has 3 atom stereocenters. The first-order valence-electron chi connectivity index (χ1n) is 34.5. The number of phosphoric acid groups is 1. The molecule has 0 saturated carbocycles. The summed E-state index contributed by atoms with van der Waals surface area (Å²) in [4.78, 5) is 37.9. The number of ether oxygens (including phenoxy) is 1. The van der Waals surface area contributed by atoms with Gasteiger partial charge in [-0.3, -0.25) is 18.6 Å². The van der Waals surface area contributed by atoms with E-state index in [1.54, 1.807) is 0 Å². The number of esters is 1. The third-order valence-electron chi connectivity index (χ3n) is 14.6. The van der Waals surface area contributed by atoms with Gasteiger partial charge in [0.05, 0.1) is 33.8 Å². The summed E-state index contributed by atoms with van der Waals surface area (Å²) in [5.41, 5.74) is 0. The molecule has 0 aliphatic carbocycles. The second-order valence-corrected chi connectivity index (χ2v) is 25.4. The van der Waals surface area contributed by atoms with E-state index in [1.807, 2.05) is 33.3 Å². The van der Waals surface area contributed by atoms with E-state index < -0.39 is 20.0 Å². The Morgan fingerprint density at radius 1 is 0.424 bits per heavy atom. The maximum Gasteiger partial charge on any atom is 0.472 e. The number of nitrogens with zero attached hydrogens (tertiary/aromatic N) is 1. The van der Waals surface area contributed by atoms with E-state index in [9.17, 15) is 19.0 Å². The van der Waals surface area contributed by atoms with Gasteiger partial charge < -0.3 is 19.4 Å². The van der Waals surface area contributed by atoms with Crippen LogP contribution in [0, 0.1) is 0 Å². The summed E-state index contributed by atoms with van der Waals surface area (Å²) in [5.74, 6) is -0.548. The second kappa shape index (κ2) is 63.2. The Bertz CT molecular complexity index is 1920. The highest BCUT2D eigenvalue weighted by Crippen LogP contribution is 2.43. The van der Waals surface area contributed by atoms with Crippen LogP contribution in [0.2, 0.25) is 0 Å². The van der Waals surface area contributed by atoms with E-state index in [-0.39, 0.29) is 31.5 Å². The minimum atomic E-state index is -4.47. The van der Waals surface area contributed by atoms with E-state index in [1.165, 1.54) is 83.5 Å². The SMILES string of the molecule is CC/C=C\C/C=C\C/C=C\C/C=C\C/C=C\C/C=C\CCCCCCCCC(=O)NC(COP(=O)(O)OCC[N+](C)(C)C)C(/C=C\CCCCCCCCCCCCC)OC(=O)CCCCCCC/C=C\C/C=C\C/C=C\C/C=C\CCCCC. The maximum atomic E-state index is 13.6. The monoisotopic (exact) mass is 1200 g/mol. The van der Waals surface area contributed by atoms with Crippen LogP contribution in [-0.4, -0.2) is 74.3 Å². The Morgan fingerprint density at radius 2 is 0.753 bits per heavy atom. The predicted octanol–water partition coefficient (Wildman–Crippen LogP) is 22.0. The Morgan fingerprint density at radius 3 is 1.15 bits per heavy atom.